The summed E-state index contributed by atoms with van der Waals surface area (Å²) in [6.07, 6.45) is 2.34. The number of rotatable bonds is 4. The molecule has 0 spiro atoms. The molecule has 0 saturated heterocycles. The monoisotopic (exact) mass is 342 g/mol. The maximum atomic E-state index is 9.51. The largest absolute Gasteiger partial charge is 0.477 e. The van der Waals surface area contributed by atoms with Crippen LogP contribution in [0.2, 0.25) is 0 Å². The lowest BCUT2D eigenvalue weighted by Crippen LogP contribution is -2.02. The maximum absolute atomic E-state index is 9.51. The van der Waals surface area contributed by atoms with Crippen LogP contribution in [0.25, 0.3) is 11.1 Å². The zero-order valence-electron chi connectivity index (χ0n) is 11.8. The van der Waals surface area contributed by atoms with E-state index < -0.39 is 0 Å². The minimum atomic E-state index is 0.460. The lowest BCUT2D eigenvalue weighted by Gasteiger charge is -2.12. The summed E-state index contributed by atoms with van der Waals surface area (Å²) in [7, 11) is 0. The Morgan fingerprint density at radius 3 is 2.62 bits per heavy atom. The van der Waals surface area contributed by atoms with E-state index in [9.17, 15) is 5.26 Å². The first kappa shape index (κ1) is 14.1. The van der Waals surface area contributed by atoms with Gasteiger partial charge in [0, 0.05) is 21.6 Å². The molecule has 0 aliphatic heterocycles. The van der Waals surface area contributed by atoms with Gasteiger partial charge >= 0.3 is 0 Å². The van der Waals surface area contributed by atoms with Crippen LogP contribution in [-0.4, -0.2) is 11.6 Å². The van der Waals surface area contributed by atoms with E-state index >= 15 is 0 Å². The van der Waals surface area contributed by atoms with E-state index in [-0.39, 0.29) is 0 Å². The Morgan fingerprint density at radius 1 is 1.33 bits per heavy atom. The van der Waals surface area contributed by atoms with Crippen molar-refractivity contribution in [3.8, 4) is 23.1 Å². The fourth-order valence-electron chi connectivity index (χ4n) is 2.34. The van der Waals surface area contributed by atoms with E-state index in [2.05, 4.69) is 27.0 Å². The van der Waals surface area contributed by atoms with Crippen molar-refractivity contribution < 1.29 is 4.74 Å². The molecule has 1 heterocycles. The second-order valence-electron chi connectivity index (χ2n) is 5.10. The summed E-state index contributed by atoms with van der Waals surface area (Å²) in [5.74, 6) is 0.980. The van der Waals surface area contributed by atoms with Gasteiger partial charge in [-0.1, -0.05) is 28.1 Å². The normalized spacial score (nSPS) is 13.8. The SMILES string of the molecule is CCOc1nc(C2CC2)cc(-c2ccc(Br)cc2)c1C#N. The molecule has 0 atom stereocenters. The third kappa shape index (κ3) is 2.93. The van der Waals surface area contributed by atoms with Gasteiger partial charge in [0.25, 0.3) is 0 Å². The average molecular weight is 343 g/mol. The van der Waals surface area contributed by atoms with Gasteiger partial charge in [0.05, 0.1) is 6.61 Å². The van der Waals surface area contributed by atoms with Crippen LogP contribution in [0.4, 0.5) is 0 Å². The number of aromatic nitrogens is 1. The first-order chi connectivity index (χ1) is 10.2. The van der Waals surface area contributed by atoms with Crippen molar-refractivity contribution in [1.82, 2.24) is 4.98 Å². The molecule has 1 aliphatic carbocycles. The van der Waals surface area contributed by atoms with Gasteiger partial charge in [0.15, 0.2) is 0 Å². The number of hydrogen-bond donors (Lipinski definition) is 0. The molecule has 4 heteroatoms. The van der Waals surface area contributed by atoms with E-state index in [1.165, 1.54) is 12.8 Å². The molecule has 21 heavy (non-hydrogen) atoms. The molecular weight excluding hydrogens is 328 g/mol. The standard InChI is InChI=1S/C17H15BrN2O/c1-2-21-17-15(10-19)14(9-16(20-17)12-3-4-12)11-5-7-13(18)8-6-11/h5-9,12H,2-4H2,1H3. The van der Waals surface area contributed by atoms with Crippen molar-refractivity contribution in [2.75, 3.05) is 6.61 Å². The van der Waals surface area contributed by atoms with Crippen molar-refractivity contribution >= 4 is 15.9 Å². The van der Waals surface area contributed by atoms with Crippen LogP contribution >= 0.6 is 15.9 Å². The summed E-state index contributed by atoms with van der Waals surface area (Å²) < 4.78 is 6.61. The molecule has 106 valence electrons. The molecule has 0 radical (unpaired) electrons. The molecule has 0 bridgehead atoms. The second-order valence-corrected chi connectivity index (χ2v) is 6.02. The fourth-order valence-corrected chi connectivity index (χ4v) is 2.60. The Balaban J connectivity index is 2.16. The molecule has 1 fully saturated rings. The van der Waals surface area contributed by atoms with E-state index in [4.69, 9.17) is 4.74 Å². The third-order valence-corrected chi connectivity index (χ3v) is 4.08. The van der Waals surface area contributed by atoms with Crippen LogP contribution in [0.1, 0.15) is 36.9 Å². The van der Waals surface area contributed by atoms with Crippen molar-refractivity contribution in [3.63, 3.8) is 0 Å². The Labute approximate surface area is 132 Å². The molecule has 0 amide bonds. The predicted molar refractivity (Wildman–Crippen MR) is 85.2 cm³/mol. The van der Waals surface area contributed by atoms with Crippen molar-refractivity contribution in [2.24, 2.45) is 0 Å². The van der Waals surface area contributed by atoms with Crippen LogP contribution in [0.3, 0.4) is 0 Å². The number of ether oxygens (including phenoxy) is 1. The number of nitrogens with zero attached hydrogens (tertiary/aromatic N) is 2. The molecule has 0 N–H and O–H groups in total. The lowest BCUT2D eigenvalue weighted by molar-refractivity contribution is 0.325. The first-order valence-electron chi connectivity index (χ1n) is 7.06. The quantitative estimate of drug-likeness (QED) is 0.811. The van der Waals surface area contributed by atoms with E-state index in [0.29, 0.717) is 24.0 Å². The number of pyridine rings is 1. The third-order valence-electron chi connectivity index (χ3n) is 3.55. The number of benzene rings is 1. The van der Waals surface area contributed by atoms with Gasteiger partial charge < -0.3 is 4.74 Å². The van der Waals surface area contributed by atoms with Gasteiger partial charge in [-0.25, -0.2) is 4.98 Å². The highest BCUT2D eigenvalue weighted by Crippen LogP contribution is 2.42. The Kier molecular flexibility index (Phi) is 3.94. The average Bonchev–Trinajstić information content (AvgIpc) is 3.32. The highest BCUT2D eigenvalue weighted by molar-refractivity contribution is 9.10. The predicted octanol–water partition coefficient (Wildman–Crippen LogP) is 4.66. The summed E-state index contributed by atoms with van der Waals surface area (Å²) in [6, 6.07) is 12.3. The van der Waals surface area contributed by atoms with Crippen LogP contribution in [0.5, 0.6) is 5.88 Å². The number of halogens is 1. The minimum Gasteiger partial charge on any atom is -0.477 e. The number of nitriles is 1. The zero-order chi connectivity index (χ0) is 14.8. The second kappa shape index (κ2) is 5.87. The molecule has 1 saturated carbocycles. The lowest BCUT2D eigenvalue weighted by atomic mass is 10.00. The van der Waals surface area contributed by atoms with Crippen molar-refractivity contribution in [3.05, 3.63) is 46.1 Å². The molecule has 0 unspecified atom stereocenters. The van der Waals surface area contributed by atoms with Crippen LogP contribution in [-0.2, 0) is 0 Å². The summed E-state index contributed by atoms with van der Waals surface area (Å²) >= 11 is 3.44. The smallest absolute Gasteiger partial charge is 0.232 e. The zero-order valence-corrected chi connectivity index (χ0v) is 13.4. The Morgan fingerprint density at radius 2 is 2.05 bits per heavy atom. The molecular formula is C17H15BrN2O. The van der Waals surface area contributed by atoms with Crippen molar-refractivity contribution in [2.45, 2.75) is 25.7 Å². The van der Waals surface area contributed by atoms with E-state index in [1.54, 1.807) is 0 Å². The molecule has 3 nitrogen and oxygen atoms in total. The van der Waals surface area contributed by atoms with Gasteiger partial charge in [-0.15, -0.1) is 0 Å². The summed E-state index contributed by atoms with van der Waals surface area (Å²) in [4.78, 5) is 4.55. The molecule has 1 aromatic carbocycles. The first-order valence-corrected chi connectivity index (χ1v) is 7.86. The molecule has 1 aromatic heterocycles. The van der Waals surface area contributed by atoms with Gasteiger partial charge in [-0.2, -0.15) is 5.26 Å². The summed E-state index contributed by atoms with van der Waals surface area (Å²) in [5, 5.41) is 9.51. The Bertz CT molecular complexity index is 700. The van der Waals surface area contributed by atoms with Gasteiger partial charge in [-0.05, 0) is 43.5 Å². The summed E-state index contributed by atoms with van der Waals surface area (Å²) in [5.41, 5.74) is 3.48. The highest BCUT2D eigenvalue weighted by Gasteiger charge is 2.27. The molecule has 1 aliphatic rings. The summed E-state index contributed by atoms with van der Waals surface area (Å²) in [6.45, 7) is 2.42. The topological polar surface area (TPSA) is 45.9 Å². The van der Waals surface area contributed by atoms with Crippen LogP contribution < -0.4 is 4.74 Å². The van der Waals surface area contributed by atoms with Crippen LogP contribution in [0, 0.1) is 11.3 Å². The van der Waals surface area contributed by atoms with Gasteiger partial charge in [-0.3, -0.25) is 0 Å². The van der Waals surface area contributed by atoms with Gasteiger partial charge in [0.1, 0.15) is 11.6 Å². The minimum absolute atomic E-state index is 0.460. The van der Waals surface area contributed by atoms with Crippen LogP contribution in [0.15, 0.2) is 34.8 Å². The van der Waals surface area contributed by atoms with E-state index in [0.717, 1.165) is 21.3 Å². The Hall–Kier alpha value is -1.86. The van der Waals surface area contributed by atoms with E-state index in [1.807, 2.05) is 37.3 Å². The fraction of sp³-hybridized carbons (Fsp3) is 0.294. The molecule has 2 aromatic rings. The highest BCUT2D eigenvalue weighted by atomic mass is 79.9. The molecule has 3 rings (SSSR count). The van der Waals surface area contributed by atoms with Gasteiger partial charge in [0.2, 0.25) is 5.88 Å². The number of hydrogen-bond acceptors (Lipinski definition) is 3. The van der Waals surface area contributed by atoms with Crippen molar-refractivity contribution in [1.29, 1.82) is 5.26 Å². The maximum Gasteiger partial charge on any atom is 0.232 e.